The topological polar surface area (TPSA) is 30.5 Å². The zero-order valence-corrected chi connectivity index (χ0v) is 16.8. The predicted octanol–water partition coefficient (Wildman–Crippen LogP) is 6.71. The number of nitrogens with one attached hydrogen (secondary N) is 1. The van der Waals surface area contributed by atoms with Gasteiger partial charge >= 0.3 is 0 Å². The van der Waals surface area contributed by atoms with Crippen molar-refractivity contribution in [2.45, 2.75) is 13.0 Å². The summed E-state index contributed by atoms with van der Waals surface area (Å²) in [5.41, 5.74) is 3.51. The summed E-state index contributed by atoms with van der Waals surface area (Å²) in [6, 6.07) is 36.4. The van der Waals surface area contributed by atoms with Crippen molar-refractivity contribution in [2.24, 2.45) is 0 Å². The predicted molar refractivity (Wildman–Crippen MR) is 122 cm³/mol. The Bertz CT molecular complexity index is 1030. The van der Waals surface area contributed by atoms with Gasteiger partial charge in [-0.15, -0.1) is 0 Å². The Morgan fingerprint density at radius 1 is 0.567 bits per heavy atom. The van der Waals surface area contributed by atoms with Crippen LogP contribution in [0.5, 0.6) is 17.2 Å². The molecule has 0 aliphatic rings. The highest BCUT2D eigenvalue weighted by molar-refractivity contribution is 5.48. The molecule has 1 N–H and O–H groups in total. The van der Waals surface area contributed by atoms with E-state index in [-0.39, 0.29) is 0 Å². The fourth-order valence-electron chi connectivity index (χ4n) is 3.15. The molecular formula is C27H25NO2. The van der Waals surface area contributed by atoms with Gasteiger partial charge in [0.1, 0.15) is 17.2 Å². The maximum Gasteiger partial charge on any atom is 0.127 e. The van der Waals surface area contributed by atoms with E-state index in [0.717, 1.165) is 35.9 Å². The van der Waals surface area contributed by atoms with Crippen LogP contribution in [0, 0.1) is 0 Å². The van der Waals surface area contributed by atoms with Crippen LogP contribution >= 0.6 is 0 Å². The Morgan fingerprint density at radius 3 is 1.97 bits per heavy atom. The van der Waals surface area contributed by atoms with Crippen LogP contribution in [0.25, 0.3) is 0 Å². The Balaban J connectivity index is 1.27. The molecule has 0 aliphatic carbocycles. The van der Waals surface area contributed by atoms with Crippen molar-refractivity contribution >= 4 is 5.69 Å². The van der Waals surface area contributed by atoms with E-state index in [1.54, 1.807) is 0 Å². The normalized spacial score (nSPS) is 10.4. The van der Waals surface area contributed by atoms with E-state index in [2.05, 4.69) is 41.7 Å². The lowest BCUT2D eigenvalue weighted by molar-refractivity contribution is 0.321. The van der Waals surface area contributed by atoms with E-state index in [9.17, 15) is 0 Å². The van der Waals surface area contributed by atoms with Crippen LogP contribution < -0.4 is 14.8 Å². The molecule has 0 heterocycles. The smallest absolute Gasteiger partial charge is 0.127 e. The van der Waals surface area contributed by atoms with E-state index >= 15 is 0 Å². The first kappa shape index (κ1) is 19.6. The minimum Gasteiger partial charge on any atom is -0.493 e. The third-order valence-electron chi connectivity index (χ3n) is 4.73. The number of benzene rings is 4. The van der Waals surface area contributed by atoms with E-state index in [0.29, 0.717) is 6.61 Å². The maximum atomic E-state index is 5.93. The van der Waals surface area contributed by atoms with E-state index in [4.69, 9.17) is 9.47 Å². The first-order chi connectivity index (χ1) is 14.8. The molecule has 0 unspecified atom stereocenters. The van der Waals surface area contributed by atoms with Gasteiger partial charge < -0.3 is 14.8 Å². The second-order valence-electron chi connectivity index (χ2n) is 7.02. The number of para-hydroxylation sites is 1. The van der Waals surface area contributed by atoms with Gasteiger partial charge in [-0.2, -0.15) is 0 Å². The lowest BCUT2D eigenvalue weighted by atomic mass is 10.2. The molecule has 0 radical (unpaired) electrons. The molecule has 0 saturated heterocycles. The molecule has 0 atom stereocenters. The van der Waals surface area contributed by atoms with Gasteiger partial charge in [-0.3, -0.25) is 0 Å². The number of rotatable bonds is 9. The standard InChI is InChI=1S/C27H25NO2/c1-3-8-22(9-4-1)18-19-29-27-13-7-10-23(20-27)21-28-24-14-16-26(17-15-24)30-25-11-5-2-6-12-25/h1-17,20,28H,18-19,21H2. The van der Waals surface area contributed by atoms with Crippen LogP contribution in [0.2, 0.25) is 0 Å². The summed E-state index contributed by atoms with van der Waals surface area (Å²) in [5, 5.41) is 3.45. The molecule has 30 heavy (non-hydrogen) atoms. The Hall–Kier alpha value is -3.72. The highest BCUT2D eigenvalue weighted by atomic mass is 16.5. The van der Waals surface area contributed by atoms with Gasteiger partial charge in [0.15, 0.2) is 0 Å². The number of ether oxygens (including phenoxy) is 2. The second kappa shape index (κ2) is 10.2. The first-order valence-corrected chi connectivity index (χ1v) is 10.2. The number of hydrogen-bond donors (Lipinski definition) is 1. The van der Waals surface area contributed by atoms with Gasteiger partial charge in [-0.25, -0.2) is 0 Å². The molecule has 0 aliphatic heterocycles. The fraction of sp³-hybridized carbons (Fsp3) is 0.111. The van der Waals surface area contributed by atoms with Crippen molar-refractivity contribution in [1.82, 2.24) is 0 Å². The van der Waals surface area contributed by atoms with Gasteiger partial charge in [-0.1, -0.05) is 60.7 Å². The summed E-state index contributed by atoms with van der Waals surface area (Å²) in [5.74, 6) is 2.56. The van der Waals surface area contributed by atoms with Crippen molar-refractivity contribution in [2.75, 3.05) is 11.9 Å². The SMILES string of the molecule is c1ccc(CCOc2cccc(CNc3ccc(Oc4ccccc4)cc3)c2)cc1. The average molecular weight is 396 g/mol. The van der Waals surface area contributed by atoms with Crippen LogP contribution in [-0.2, 0) is 13.0 Å². The molecule has 150 valence electrons. The third-order valence-corrected chi connectivity index (χ3v) is 4.73. The summed E-state index contributed by atoms with van der Waals surface area (Å²) in [4.78, 5) is 0. The van der Waals surface area contributed by atoms with Crippen molar-refractivity contribution in [3.05, 3.63) is 120 Å². The quantitative estimate of drug-likeness (QED) is 0.341. The largest absolute Gasteiger partial charge is 0.493 e. The molecule has 0 spiro atoms. The number of hydrogen-bond acceptors (Lipinski definition) is 3. The van der Waals surface area contributed by atoms with Crippen molar-refractivity contribution in [3.63, 3.8) is 0 Å². The van der Waals surface area contributed by atoms with E-state index in [1.807, 2.05) is 72.8 Å². The van der Waals surface area contributed by atoms with Gasteiger partial charge in [-0.05, 0) is 59.7 Å². The minimum atomic E-state index is 0.670. The van der Waals surface area contributed by atoms with Gasteiger partial charge in [0.25, 0.3) is 0 Å². The van der Waals surface area contributed by atoms with Gasteiger partial charge in [0, 0.05) is 18.7 Å². The second-order valence-corrected chi connectivity index (χ2v) is 7.02. The zero-order chi connectivity index (χ0) is 20.4. The molecule has 4 aromatic rings. The van der Waals surface area contributed by atoms with Crippen molar-refractivity contribution < 1.29 is 9.47 Å². The molecule has 4 rings (SSSR count). The molecule has 3 heteroatoms. The van der Waals surface area contributed by atoms with Crippen LogP contribution in [0.3, 0.4) is 0 Å². The summed E-state index contributed by atoms with van der Waals surface area (Å²) in [6.45, 7) is 1.40. The minimum absolute atomic E-state index is 0.670. The highest BCUT2D eigenvalue weighted by Gasteiger charge is 2.01. The van der Waals surface area contributed by atoms with Crippen LogP contribution in [0.1, 0.15) is 11.1 Å². The summed E-state index contributed by atoms with van der Waals surface area (Å²) in [6.07, 6.45) is 0.903. The molecule has 4 aromatic carbocycles. The Morgan fingerprint density at radius 2 is 1.20 bits per heavy atom. The molecule has 0 bridgehead atoms. The van der Waals surface area contributed by atoms with Crippen LogP contribution in [0.15, 0.2) is 109 Å². The molecular weight excluding hydrogens is 370 g/mol. The number of anilines is 1. The Labute approximate surface area is 177 Å². The molecule has 0 fully saturated rings. The van der Waals surface area contributed by atoms with Crippen molar-refractivity contribution in [1.29, 1.82) is 0 Å². The molecule has 0 amide bonds. The average Bonchev–Trinajstić information content (AvgIpc) is 2.80. The molecule has 3 nitrogen and oxygen atoms in total. The van der Waals surface area contributed by atoms with Crippen molar-refractivity contribution in [3.8, 4) is 17.2 Å². The van der Waals surface area contributed by atoms with Crippen LogP contribution in [-0.4, -0.2) is 6.61 Å². The molecule has 0 aromatic heterocycles. The zero-order valence-electron chi connectivity index (χ0n) is 16.8. The Kier molecular flexibility index (Phi) is 6.64. The highest BCUT2D eigenvalue weighted by Crippen LogP contribution is 2.23. The summed E-state index contributed by atoms with van der Waals surface area (Å²) in [7, 11) is 0. The maximum absolute atomic E-state index is 5.93. The van der Waals surface area contributed by atoms with Gasteiger partial charge in [0.05, 0.1) is 6.61 Å². The summed E-state index contributed by atoms with van der Waals surface area (Å²) < 4.78 is 11.8. The first-order valence-electron chi connectivity index (χ1n) is 10.2. The van der Waals surface area contributed by atoms with Crippen LogP contribution in [0.4, 0.5) is 5.69 Å². The molecule has 0 saturated carbocycles. The lowest BCUT2D eigenvalue weighted by Crippen LogP contribution is -2.03. The monoisotopic (exact) mass is 395 g/mol. The third kappa shape index (κ3) is 5.89. The van der Waals surface area contributed by atoms with E-state index in [1.165, 1.54) is 11.1 Å². The summed E-state index contributed by atoms with van der Waals surface area (Å²) >= 11 is 0. The lowest BCUT2D eigenvalue weighted by Gasteiger charge is -2.11. The van der Waals surface area contributed by atoms with Gasteiger partial charge in [0.2, 0.25) is 0 Å². The van der Waals surface area contributed by atoms with E-state index < -0.39 is 0 Å². The fourth-order valence-corrected chi connectivity index (χ4v) is 3.15.